The third-order valence-corrected chi connectivity index (χ3v) is 2.81. The van der Waals surface area contributed by atoms with E-state index < -0.39 is 11.8 Å². The Hall–Kier alpha value is -2.82. The normalized spacial score (nSPS) is 10.6. The maximum absolute atomic E-state index is 11.8. The number of carbonyl (C=O) groups is 2. The quantitative estimate of drug-likeness (QED) is 0.671. The van der Waals surface area contributed by atoms with Crippen LogP contribution in [0.1, 0.15) is 27.4 Å². The summed E-state index contributed by atoms with van der Waals surface area (Å²) in [4.78, 5) is 23.5. The lowest BCUT2D eigenvalue weighted by molar-refractivity contribution is -0.117. The maximum atomic E-state index is 11.8. The molecule has 0 aliphatic heterocycles. The number of carbonyl (C=O) groups excluding carboxylic acids is 2. The zero-order valence-electron chi connectivity index (χ0n) is 11.8. The van der Waals surface area contributed by atoms with Gasteiger partial charge in [0.05, 0.1) is 5.56 Å². The monoisotopic (exact) mass is 284 g/mol. The van der Waals surface area contributed by atoms with Crippen LogP contribution in [-0.2, 0) is 4.79 Å². The van der Waals surface area contributed by atoms with E-state index >= 15 is 0 Å². The Morgan fingerprint density at radius 2 is 1.81 bits per heavy atom. The Kier molecular flexibility index (Phi) is 4.56. The van der Waals surface area contributed by atoms with Crippen molar-refractivity contribution in [2.75, 3.05) is 0 Å². The number of hydrazine groups is 1. The van der Waals surface area contributed by atoms with Gasteiger partial charge < -0.3 is 4.42 Å². The second kappa shape index (κ2) is 6.56. The standard InChI is InChI=1S/C16H16N2O3/c1-11-10-14(12(2)21-11)16(20)18-17-15(19)9-8-13-6-4-3-5-7-13/h3-10H,1-2H3,(H,17,19)(H,18,20)/b9-8+. The number of hydrogen-bond donors (Lipinski definition) is 2. The lowest BCUT2D eigenvalue weighted by Gasteiger charge is -2.03. The van der Waals surface area contributed by atoms with E-state index in [2.05, 4.69) is 10.9 Å². The molecule has 2 amide bonds. The molecule has 0 saturated carbocycles. The van der Waals surface area contributed by atoms with Crippen molar-refractivity contribution in [1.82, 2.24) is 10.9 Å². The van der Waals surface area contributed by atoms with Crippen LogP contribution in [0.15, 0.2) is 46.9 Å². The number of aryl methyl sites for hydroxylation is 2. The molecule has 0 bridgehead atoms. The Morgan fingerprint density at radius 1 is 1.10 bits per heavy atom. The molecule has 1 aromatic carbocycles. The van der Waals surface area contributed by atoms with Gasteiger partial charge in [0.15, 0.2) is 0 Å². The van der Waals surface area contributed by atoms with E-state index in [-0.39, 0.29) is 0 Å². The zero-order valence-corrected chi connectivity index (χ0v) is 11.8. The molecular formula is C16H16N2O3. The first-order valence-electron chi connectivity index (χ1n) is 6.47. The van der Waals surface area contributed by atoms with Gasteiger partial charge in [-0.15, -0.1) is 0 Å². The van der Waals surface area contributed by atoms with Crippen LogP contribution in [0.4, 0.5) is 0 Å². The lowest BCUT2D eigenvalue weighted by Crippen LogP contribution is -2.40. The molecule has 2 N–H and O–H groups in total. The zero-order chi connectivity index (χ0) is 15.2. The van der Waals surface area contributed by atoms with Crippen molar-refractivity contribution >= 4 is 17.9 Å². The van der Waals surface area contributed by atoms with Crippen LogP contribution in [0.3, 0.4) is 0 Å². The van der Waals surface area contributed by atoms with Gasteiger partial charge in [0.1, 0.15) is 11.5 Å². The highest BCUT2D eigenvalue weighted by atomic mass is 16.3. The van der Waals surface area contributed by atoms with Crippen LogP contribution < -0.4 is 10.9 Å². The SMILES string of the molecule is Cc1cc(C(=O)NNC(=O)/C=C/c2ccccc2)c(C)o1. The molecule has 0 aliphatic carbocycles. The number of rotatable bonds is 3. The molecule has 21 heavy (non-hydrogen) atoms. The molecule has 0 atom stereocenters. The Morgan fingerprint density at radius 3 is 2.43 bits per heavy atom. The number of hydrogen-bond acceptors (Lipinski definition) is 3. The molecule has 2 aromatic rings. The van der Waals surface area contributed by atoms with Gasteiger partial charge in [-0.25, -0.2) is 0 Å². The van der Waals surface area contributed by atoms with Crippen molar-refractivity contribution in [2.45, 2.75) is 13.8 Å². The summed E-state index contributed by atoms with van der Waals surface area (Å²) in [6.07, 6.45) is 3.01. The third-order valence-electron chi connectivity index (χ3n) is 2.81. The topological polar surface area (TPSA) is 71.3 Å². The first-order chi connectivity index (χ1) is 10.1. The molecule has 1 heterocycles. The van der Waals surface area contributed by atoms with E-state index in [1.807, 2.05) is 30.3 Å². The van der Waals surface area contributed by atoms with Gasteiger partial charge in [0.2, 0.25) is 0 Å². The fourth-order valence-electron chi connectivity index (χ4n) is 1.82. The fraction of sp³-hybridized carbons (Fsp3) is 0.125. The number of amides is 2. The Balaban J connectivity index is 1.88. The third kappa shape index (κ3) is 4.07. The summed E-state index contributed by atoms with van der Waals surface area (Å²) in [5.74, 6) is 0.336. The molecule has 0 spiro atoms. The van der Waals surface area contributed by atoms with Crippen LogP contribution in [0, 0.1) is 13.8 Å². The summed E-state index contributed by atoms with van der Waals surface area (Å²) in [6, 6.07) is 11.0. The van der Waals surface area contributed by atoms with Crippen molar-refractivity contribution in [3.05, 3.63) is 65.1 Å². The second-order valence-corrected chi connectivity index (χ2v) is 4.51. The fourth-order valence-corrected chi connectivity index (χ4v) is 1.82. The molecule has 0 saturated heterocycles. The Labute approximate surface area is 122 Å². The first kappa shape index (κ1) is 14.6. The summed E-state index contributed by atoms with van der Waals surface area (Å²) >= 11 is 0. The van der Waals surface area contributed by atoms with E-state index in [1.54, 1.807) is 26.0 Å². The summed E-state index contributed by atoms with van der Waals surface area (Å²) in [5.41, 5.74) is 5.97. The molecular weight excluding hydrogens is 268 g/mol. The van der Waals surface area contributed by atoms with Crippen LogP contribution in [0.2, 0.25) is 0 Å². The van der Waals surface area contributed by atoms with E-state index in [1.165, 1.54) is 6.08 Å². The summed E-state index contributed by atoms with van der Waals surface area (Å²) in [6.45, 7) is 3.45. The van der Waals surface area contributed by atoms with Crippen molar-refractivity contribution in [3.8, 4) is 0 Å². The van der Waals surface area contributed by atoms with Gasteiger partial charge in [-0.3, -0.25) is 20.4 Å². The van der Waals surface area contributed by atoms with Crippen molar-refractivity contribution in [2.24, 2.45) is 0 Å². The average molecular weight is 284 g/mol. The second-order valence-electron chi connectivity index (χ2n) is 4.51. The maximum Gasteiger partial charge on any atom is 0.273 e. The number of nitrogens with one attached hydrogen (secondary N) is 2. The predicted octanol–water partition coefficient (Wildman–Crippen LogP) is 2.37. The minimum Gasteiger partial charge on any atom is -0.466 e. The van der Waals surface area contributed by atoms with Gasteiger partial charge in [0, 0.05) is 6.08 Å². The van der Waals surface area contributed by atoms with Gasteiger partial charge in [-0.05, 0) is 31.6 Å². The van der Waals surface area contributed by atoms with Gasteiger partial charge in [0.25, 0.3) is 11.8 Å². The molecule has 0 fully saturated rings. The van der Waals surface area contributed by atoms with Gasteiger partial charge in [-0.1, -0.05) is 30.3 Å². The molecule has 5 nitrogen and oxygen atoms in total. The predicted molar refractivity (Wildman–Crippen MR) is 79.3 cm³/mol. The van der Waals surface area contributed by atoms with E-state index in [0.717, 1.165) is 5.56 Å². The van der Waals surface area contributed by atoms with Gasteiger partial charge in [-0.2, -0.15) is 0 Å². The Bertz CT molecular complexity index is 672. The first-order valence-corrected chi connectivity index (χ1v) is 6.47. The van der Waals surface area contributed by atoms with Crippen molar-refractivity contribution < 1.29 is 14.0 Å². The molecule has 0 radical (unpaired) electrons. The number of benzene rings is 1. The minimum absolute atomic E-state index is 0.403. The van der Waals surface area contributed by atoms with Crippen LogP contribution in [0.25, 0.3) is 6.08 Å². The van der Waals surface area contributed by atoms with Gasteiger partial charge >= 0.3 is 0 Å². The highest BCUT2D eigenvalue weighted by molar-refractivity contribution is 5.98. The van der Waals surface area contributed by atoms with Crippen LogP contribution in [0.5, 0.6) is 0 Å². The highest BCUT2D eigenvalue weighted by Crippen LogP contribution is 2.12. The van der Waals surface area contributed by atoms with Crippen molar-refractivity contribution in [3.63, 3.8) is 0 Å². The molecule has 108 valence electrons. The molecule has 5 heteroatoms. The molecule has 0 aliphatic rings. The number of furan rings is 1. The largest absolute Gasteiger partial charge is 0.466 e. The van der Waals surface area contributed by atoms with Crippen LogP contribution >= 0.6 is 0 Å². The summed E-state index contributed by atoms with van der Waals surface area (Å²) < 4.78 is 5.26. The molecule has 1 aromatic heterocycles. The van der Waals surface area contributed by atoms with Crippen molar-refractivity contribution in [1.29, 1.82) is 0 Å². The highest BCUT2D eigenvalue weighted by Gasteiger charge is 2.13. The van der Waals surface area contributed by atoms with Crippen LogP contribution in [-0.4, -0.2) is 11.8 Å². The van der Waals surface area contributed by atoms with E-state index in [9.17, 15) is 9.59 Å². The van der Waals surface area contributed by atoms with E-state index in [4.69, 9.17) is 4.42 Å². The molecule has 2 rings (SSSR count). The minimum atomic E-state index is -0.412. The average Bonchev–Trinajstić information content (AvgIpc) is 2.82. The summed E-state index contributed by atoms with van der Waals surface area (Å²) in [5, 5.41) is 0. The smallest absolute Gasteiger partial charge is 0.273 e. The van der Waals surface area contributed by atoms with E-state index in [0.29, 0.717) is 17.1 Å². The molecule has 0 unspecified atom stereocenters. The summed E-state index contributed by atoms with van der Waals surface area (Å²) in [7, 11) is 0. The lowest BCUT2D eigenvalue weighted by atomic mass is 10.2.